The molecule has 1 aliphatic rings. The highest BCUT2D eigenvalue weighted by Gasteiger charge is 2.36. The Hall–Kier alpha value is -2.01. The summed E-state index contributed by atoms with van der Waals surface area (Å²) >= 11 is 3.41. The van der Waals surface area contributed by atoms with Gasteiger partial charge in [-0.2, -0.15) is 0 Å². The number of aromatic nitrogens is 1. The summed E-state index contributed by atoms with van der Waals surface area (Å²) in [7, 11) is 0. The lowest BCUT2D eigenvalue weighted by Crippen LogP contribution is -2.29. The van der Waals surface area contributed by atoms with E-state index in [0.717, 1.165) is 10.0 Å². The third-order valence-electron chi connectivity index (χ3n) is 3.02. The lowest BCUT2D eigenvalue weighted by atomic mass is 10.2. The first-order chi connectivity index (χ1) is 9.18. The quantitative estimate of drug-likeness (QED) is 0.800. The van der Waals surface area contributed by atoms with Crippen molar-refractivity contribution in [3.63, 3.8) is 0 Å². The van der Waals surface area contributed by atoms with Crippen LogP contribution in [0.5, 0.6) is 0 Å². The SMILES string of the molecule is O=C1c2cccnc2C(=O)N1Cc1ccccc1Br. The number of benzene rings is 1. The van der Waals surface area contributed by atoms with E-state index in [1.807, 2.05) is 24.3 Å². The van der Waals surface area contributed by atoms with E-state index in [1.54, 1.807) is 12.1 Å². The second kappa shape index (κ2) is 4.59. The lowest BCUT2D eigenvalue weighted by molar-refractivity contribution is 0.0640. The highest BCUT2D eigenvalue weighted by atomic mass is 79.9. The summed E-state index contributed by atoms with van der Waals surface area (Å²) in [6, 6.07) is 10.8. The highest BCUT2D eigenvalue weighted by molar-refractivity contribution is 9.10. The van der Waals surface area contributed by atoms with Gasteiger partial charge in [0.25, 0.3) is 11.8 Å². The van der Waals surface area contributed by atoms with Crippen LogP contribution in [0.3, 0.4) is 0 Å². The lowest BCUT2D eigenvalue weighted by Gasteiger charge is -2.14. The molecule has 0 spiro atoms. The van der Waals surface area contributed by atoms with E-state index in [0.29, 0.717) is 5.56 Å². The maximum atomic E-state index is 12.2. The number of hydrogen-bond acceptors (Lipinski definition) is 3. The zero-order valence-electron chi connectivity index (χ0n) is 9.84. The third kappa shape index (κ3) is 1.96. The van der Waals surface area contributed by atoms with Crippen LogP contribution in [0.25, 0.3) is 0 Å². The van der Waals surface area contributed by atoms with Gasteiger partial charge in [-0.3, -0.25) is 19.5 Å². The Labute approximate surface area is 118 Å². The van der Waals surface area contributed by atoms with Crippen molar-refractivity contribution >= 4 is 27.7 Å². The Morgan fingerprint density at radius 1 is 1.05 bits per heavy atom. The molecule has 5 heteroatoms. The molecule has 0 bridgehead atoms. The molecule has 2 aromatic rings. The fraction of sp³-hybridized carbons (Fsp3) is 0.0714. The minimum atomic E-state index is -0.337. The molecule has 1 aromatic heterocycles. The van der Waals surface area contributed by atoms with Gasteiger partial charge in [0.2, 0.25) is 0 Å². The molecular formula is C14H9BrN2O2. The normalized spacial score (nSPS) is 13.8. The van der Waals surface area contributed by atoms with Gasteiger partial charge in [0.05, 0.1) is 12.1 Å². The number of halogens is 1. The number of nitrogens with zero attached hydrogens (tertiary/aromatic N) is 2. The average Bonchev–Trinajstić information content (AvgIpc) is 2.67. The summed E-state index contributed by atoms with van der Waals surface area (Å²) in [5.41, 5.74) is 1.50. The van der Waals surface area contributed by atoms with Crippen LogP contribution in [-0.2, 0) is 6.54 Å². The van der Waals surface area contributed by atoms with Gasteiger partial charge in [0.15, 0.2) is 0 Å². The van der Waals surface area contributed by atoms with Crippen LogP contribution in [0.1, 0.15) is 26.4 Å². The molecule has 0 aliphatic carbocycles. The topological polar surface area (TPSA) is 50.3 Å². The Kier molecular flexibility index (Phi) is 2.91. The molecule has 2 amide bonds. The van der Waals surface area contributed by atoms with Crippen LogP contribution in [0, 0.1) is 0 Å². The number of amides is 2. The van der Waals surface area contributed by atoms with Crippen LogP contribution in [0.4, 0.5) is 0 Å². The summed E-state index contributed by atoms with van der Waals surface area (Å²) < 4.78 is 0.875. The Morgan fingerprint density at radius 3 is 2.58 bits per heavy atom. The van der Waals surface area contributed by atoms with Gasteiger partial charge < -0.3 is 0 Å². The van der Waals surface area contributed by atoms with Crippen LogP contribution in [-0.4, -0.2) is 21.7 Å². The molecule has 0 atom stereocenters. The number of carbonyl (C=O) groups excluding carboxylic acids is 2. The fourth-order valence-electron chi connectivity index (χ4n) is 2.05. The molecule has 94 valence electrons. The third-order valence-corrected chi connectivity index (χ3v) is 3.79. The number of fused-ring (bicyclic) bond motifs is 1. The maximum absolute atomic E-state index is 12.2. The van der Waals surface area contributed by atoms with Crippen molar-refractivity contribution < 1.29 is 9.59 Å². The molecule has 19 heavy (non-hydrogen) atoms. The van der Waals surface area contributed by atoms with Crippen molar-refractivity contribution in [1.29, 1.82) is 0 Å². The predicted molar refractivity (Wildman–Crippen MR) is 72.6 cm³/mol. The van der Waals surface area contributed by atoms with E-state index in [9.17, 15) is 9.59 Å². The molecule has 2 heterocycles. The Balaban J connectivity index is 1.95. The zero-order valence-corrected chi connectivity index (χ0v) is 11.4. The first-order valence-corrected chi connectivity index (χ1v) is 6.52. The number of hydrogen-bond donors (Lipinski definition) is 0. The first-order valence-electron chi connectivity index (χ1n) is 5.73. The van der Waals surface area contributed by atoms with E-state index < -0.39 is 0 Å². The zero-order chi connectivity index (χ0) is 13.4. The van der Waals surface area contributed by atoms with Crippen molar-refractivity contribution in [1.82, 2.24) is 9.88 Å². The van der Waals surface area contributed by atoms with Crippen LogP contribution >= 0.6 is 15.9 Å². The van der Waals surface area contributed by atoms with Crippen molar-refractivity contribution in [3.8, 4) is 0 Å². The molecule has 4 nitrogen and oxygen atoms in total. The van der Waals surface area contributed by atoms with Gasteiger partial charge in [0.1, 0.15) is 5.69 Å². The largest absolute Gasteiger partial charge is 0.280 e. The van der Waals surface area contributed by atoms with Crippen LogP contribution < -0.4 is 0 Å². The van der Waals surface area contributed by atoms with Crippen molar-refractivity contribution in [3.05, 3.63) is 63.9 Å². The summed E-state index contributed by atoms with van der Waals surface area (Å²) in [5, 5.41) is 0. The molecular weight excluding hydrogens is 308 g/mol. The summed E-state index contributed by atoms with van der Waals surface area (Å²) in [5.74, 6) is -0.625. The van der Waals surface area contributed by atoms with Crippen LogP contribution in [0.15, 0.2) is 47.1 Å². The number of pyridine rings is 1. The van der Waals surface area contributed by atoms with E-state index in [4.69, 9.17) is 0 Å². The minimum Gasteiger partial charge on any atom is -0.268 e. The monoisotopic (exact) mass is 316 g/mol. The summed E-state index contributed by atoms with van der Waals surface area (Å²) in [6.45, 7) is 0.245. The number of imide groups is 1. The second-order valence-electron chi connectivity index (χ2n) is 4.19. The van der Waals surface area contributed by atoms with Crippen molar-refractivity contribution in [2.75, 3.05) is 0 Å². The molecule has 3 rings (SSSR count). The van der Waals surface area contributed by atoms with Gasteiger partial charge in [-0.15, -0.1) is 0 Å². The smallest absolute Gasteiger partial charge is 0.268 e. The van der Waals surface area contributed by atoms with E-state index in [-0.39, 0.29) is 24.1 Å². The molecule has 0 N–H and O–H groups in total. The Bertz CT molecular complexity index is 650. The van der Waals surface area contributed by atoms with Crippen molar-refractivity contribution in [2.24, 2.45) is 0 Å². The first kappa shape index (κ1) is 12.0. The summed E-state index contributed by atoms with van der Waals surface area (Å²) in [6.07, 6.45) is 1.52. The van der Waals surface area contributed by atoms with Crippen molar-refractivity contribution in [2.45, 2.75) is 6.54 Å². The van der Waals surface area contributed by atoms with Gasteiger partial charge in [-0.25, -0.2) is 0 Å². The van der Waals surface area contributed by atoms with Gasteiger partial charge >= 0.3 is 0 Å². The molecule has 0 radical (unpaired) electrons. The number of carbonyl (C=O) groups is 2. The second-order valence-corrected chi connectivity index (χ2v) is 5.04. The molecule has 1 aromatic carbocycles. The van der Waals surface area contributed by atoms with E-state index in [2.05, 4.69) is 20.9 Å². The Morgan fingerprint density at radius 2 is 1.84 bits per heavy atom. The maximum Gasteiger partial charge on any atom is 0.280 e. The van der Waals surface area contributed by atoms with Gasteiger partial charge in [-0.05, 0) is 23.8 Å². The molecule has 0 fully saturated rings. The van der Waals surface area contributed by atoms with Crippen LogP contribution in [0.2, 0.25) is 0 Å². The van der Waals surface area contributed by atoms with E-state index >= 15 is 0 Å². The highest BCUT2D eigenvalue weighted by Crippen LogP contribution is 2.25. The standard InChI is InChI=1S/C14H9BrN2O2/c15-11-6-2-1-4-9(11)8-17-13(18)10-5-3-7-16-12(10)14(17)19/h1-7H,8H2. The average molecular weight is 317 g/mol. The molecule has 0 saturated heterocycles. The molecule has 0 unspecified atom stereocenters. The fourth-order valence-corrected chi connectivity index (χ4v) is 2.46. The molecule has 0 saturated carbocycles. The minimum absolute atomic E-state index is 0.236. The van der Waals surface area contributed by atoms with Gasteiger partial charge in [0, 0.05) is 10.7 Å². The predicted octanol–water partition coefficient (Wildman–Crippen LogP) is 2.64. The molecule has 1 aliphatic heterocycles. The van der Waals surface area contributed by atoms with E-state index in [1.165, 1.54) is 11.1 Å². The number of rotatable bonds is 2. The summed E-state index contributed by atoms with van der Waals surface area (Å²) in [4.78, 5) is 29.5. The van der Waals surface area contributed by atoms with Gasteiger partial charge in [-0.1, -0.05) is 34.1 Å².